The highest BCUT2D eigenvalue weighted by Gasteiger charge is 2.48. The first-order chi connectivity index (χ1) is 28.8. The summed E-state index contributed by atoms with van der Waals surface area (Å²) in [7, 11) is 0. The van der Waals surface area contributed by atoms with Gasteiger partial charge in [-0.25, -0.2) is 0 Å². The third-order valence-corrected chi connectivity index (χ3v) is 13.1. The minimum absolute atomic E-state index is 0.630. The van der Waals surface area contributed by atoms with Gasteiger partial charge >= 0.3 is 0 Å². The first-order valence-electron chi connectivity index (χ1n) is 20.2. The zero-order chi connectivity index (χ0) is 38.0. The summed E-state index contributed by atoms with van der Waals surface area (Å²) in [6.45, 7) is 0. The Labute approximate surface area is 335 Å². The first-order valence-corrected chi connectivity index (χ1v) is 20.2. The molecule has 1 heterocycles. The third kappa shape index (κ3) is 4.20. The van der Waals surface area contributed by atoms with E-state index in [1.807, 2.05) is 6.07 Å². The van der Waals surface area contributed by atoms with Crippen LogP contribution < -0.4 is 0 Å². The Kier molecular flexibility index (Phi) is 6.43. The number of rotatable bonds is 4. The lowest BCUT2D eigenvalue weighted by Gasteiger charge is -2.35. The van der Waals surface area contributed by atoms with Gasteiger partial charge in [-0.1, -0.05) is 176 Å². The molecule has 0 unspecified atom stereocenters. The van der Waals surface area contributed by atoms with Crippen LogP contribution in [0.25, 0.3) is 98.4 Å². The first kappa shape index (κ1) is 31.7. The number of para-hydroxylation sites is 1. The molecule has 1 heteroatoms. The average Bonchev–Trinajstić information content (AvgIpc) is 3.82. The predicted octanol–water partition coefficient (Wildman–Crippen LogP) is 15.3. The fourth-order valence-corrected chi connectivity index (χ4v) is 10.6. The lowest BCUT2D eigenvalue weighted by atomic mass is 9.65. The van der Waals surface area contributed by atoms with Crippen molar-refractivity contribution in [3.05, 3.63) is 229 Å². The van der Waals surface area contributed by atoms with E-state index in [-0.39, 0.29) is 0 Å². The zero-order valence-electron chi connectivity index (χ0n) is 31.5. The van der Waals surface area contributed by atoms with Crippen molar-refractivity contribution in [1.82, 2.24) is 0 Å². The topological polar surface area (TPSA) is 13.1 Å². The standard InChI is InChI=1S/C57H34O/c1-3-15-41(16-4-1)57(42-17-5-2-6-18-42)50-33-39(43-28-24-37-23-22-35-13-11-14-36-25-30-47(43)54(37)53(35)36)27-31-48(50)55-44-19-8-7-12-38(44)32-49(56(55)57)40-26-29-46-45-20-9-10-21-51(45)58-52(46)34-40/h1-34H. The van der Waals surface area contributed by atoms with Crippen molar-refractivity contribution in [2.45, 2.75) is 5.41 Å². The fraction of sp³-hybridized carbons (Fsp3) is 0.0175. The maximum absolute atomic E-state index is 6.55. The van der Waals surface area contributed by atoms with Crippen LogP contribution in [0.1, 0.15) is 22.3 Å². The molecule has 0 saturated carbocycles. The molecule has 0 spiro atoms. The summed E-state index contributed by atoms with van der Waals surface area (Å²) in [6, 6.07) is 76.6. The molecule has 268 valence electrons. The molecule has 0 aliphatic heterocycles. The van der Waals surface area contributed by atoms with E-state index in [4.69, 9.17) is 4.42 Å². The van der Waals surface area contributed by atoms with Gasteiger partial charge < -0.3 is 4.42 Å². The second-order valence-electron chi connectivity index (χ2n) is 15.9. The Morgan fingerprint density at radius 2 is 0.897 bits per heavy atom. The second kappa shape index (κ2) is 11.8. The van der Waals surface area contributed by atoms with Crippen LogP contribution in [0.4, 0.5) is 0 Å². The van der Waals surface area contributed by atoms with Gasteiger partial charge in [0.1, 0.15) is 11.2 Å². The average molecular weight is 735 g/mol. The van der Waals surface area contributed by atoms with Gasteiger partial charge in [0.2, 0.25) is 0 Å². The Hall–Kier alpha value is -7.48. The van der Waals surface area contributed by atoms with Crippen LogP contribution in [0.2, 0.25) is 0 Å². The molecule has 0 saturated heterocycles. The lowest BCUT2D eigenvalue weighted by molar-refractivity contribution is 0.669. The smallest absolute Gasteiger partial charge is 0.136 e. The minimum Gasteiger partial charge on any atom is -0.456 e. The number of hydrogen-bond acceptors (Lipinski definition) is 1. The Balaban J connectivity index is 1.16. The molecule has 11 aromatic carbocycles. The van der Waals surface area contributed by atoms with Crippen LogP contribution in [0.3, 0.4) is 0 Å². The van der Waals surface area contributed by atoms with E-state index in [1.165, 1.54) is 93.2 Å². The largest absolute Gasteiger partial charge is 0.456 e. The summed E-state index contributed by atoms with van der Waals surface area (Å²) < 4.78 is 6.55. The van der Waals surface area contributed by atoms with Gasteiger partial charge in [0, 0.05) is 10.8 Å². The molecule has 1 nitrogen and oxygen atoms in total. The van der Waals surface area contributed by atoms with Crippen LogP contribution in [0.15, 0.2) is 211 Å². The SMILES string of the molecule is c1ccc(C2(c3ccccc3)c3cc(-c4ccc5ccc6cccc7ccc4c5c67)ccc3-c3c2c(-c2ccc4c(c2)oc2ccccc24)cc2ccccc32)cc1. The number of fused-ring (bicyclic) bond motifs is 8. The van der Waals surface area contributed by atoms with Crippen molar-refractivity contribution in [1.29, 1.82) is 0 Å². The second-order valence-corrected chi connectivity index (χ2v) is 15.9. The van der Waals surface area contributed by atoms with Crippen LogP contribution in [0, 0.1) is 0 Å². The maximum atomic E-state index is 6.55. The maximum Gasteiger partial charge on any atom is 0.136 e. The van der Waals surface area contributed by atoms with Gasteiger partial charge in [0.05, 0.1) is 5.41 Å². The van der Waals surface area contributed by atoms with Gasteiger partial charge in [-0.05, 0) is 129 Å². The van der Waals surface area contributed by atoms with Crippen molar-refractivity contribution >= 4 is 65.0 Å². The van der Waals surface area contributed by atoms with E-state index in [0.717, 1.165) is 27.5 Å². The molecule has 0 bridgehead atoms. The summed E-state index contributed by atoms with van der Waals surface area (Å²) in [5.74, 6) is 0. The van der Waals surface area contributed by atoms with Crippen LogP contribution in [-0.2, 0) is 5.41 Å². The highest BCUT2D eigenvalue weighted by atomic mass is 16.3. The molecule has 0 N–H and O–H groups in total. The molecule has 1 aromatic heterocycles. The van der Waals surface area contributed by atoms with E-state index in [2.05, 4.69) is 200 Å². The number of hydrogen-bond donors (Lipinski definition) is 0. The number of benzene rings is 11. The van der Waals surface area contributed by atoms with E-state index < -0.39 is 5.41 Å². The van der Waals surface area contributed by atoms with Crippen molar-refractivity contribution in [2.24, 2.45) is 0 Å². The summed E-state index contributed by atoms with van der Waals surface area (Å²) in [5, 5.41) is 12.6. The normalized spacial score (nSPS) is 13.3. The Morgan fingerprint density at radius 1 is 0.328 bits per heavy atom. The van der Waals surface area contributed by atoms with Crippen LogP contribution in [0.5, 0.6) is 0 Å². The lowest BCUT2D eigenvalue weighted by Crippen LogP contribution is -2.29. The Morgan fingerprint density at radius 3 is 1.69 bits per heavy atom. The van der Waals surface area contributed by atoms with Crippen molar-refractivity contribution in [3.63, 3.8) is 0 Å². The highest BCUT2D eigenvalue weighted by Crippen LogP contribution is 2.61. The van der Waals surface area contributed by atoms with Gasteiger partial charge in [-0.3, -0.25) is 0 Å². The molecule has 13 rings (SSSR count). The van der Waals surface area contributed by atoms with E-state index >= 15 is 0 Å². The molecule has 1 aliphatic carbocycles. The minimum atomic E-state index is -0.630. The highest BCUT2D eigenvalue weighted by molar-refractivity contribution is 6.25. The number of furan rings is 1. The predicted molar refractivity (Wildman–Crippen MR) is 243 cm³/mol. The van der Waals surface area contributed by atoms with Gasteiger partial charge in [-0.15, -0.1) is 0 Å². The molecular weight excluding hydrogens is 701 g/mol. The molecule has 58 heavy (non-hydrogen) atoms. The van der Waals surface area contributed by atoms with Gasteiger partial charge in [-0.2, -0.15) is 0 Å². The molecule has 0 amide bonds. The van der Waals surface area contributed by atoms with Gasteiger partial charge in [0.15, 0.2) is 0 Å². The van der Waals surface area contributed by atoms with Crippen LogP contribution >= 0.6 is 0 Å². The molecule has 1 aliphatic rings. The summed E-state index contributed by atoms with van der Waals surface area (Å²) in [6.07, 6.45) is 0. The monoisotopic (exact) mass is 734 g/mol. The quantitative estimate of drug-likeness (QED) is 0.164. The molecule has 0 radical (unpaired) electrons. The molecule has 0 atom stereocenters. The van der Waals surface area contributed by atoms with Crippen LogP contribution in [-0.4, -0.2) is 0 Å². The fourth-order valence-electron chi connectivity index (χ4n) is 10.6. The molecule has 0 fully saturated rings. The van der Waals surface area contributed by atoms with Crippen molar-refractivity contribution in [3.8, 4) is 33.4 Å². The molecular formula is C57H34O. The van der Waals surface area contributed by atoms with Crippen molar-refractivity contribution in [2.75, 3.05) is 0 Å². The molecule has 12 aromatic rings. The van der Waals surface area contributed by atoms with E-state index in [9.17, 15) is 0 Å². The van der Waals surface area contributed by atoms with Crippen molar-refractivity contribution < 1.29 is 4.42 Å². The summed E-state index contributed by atoms with van der Waals surface area (Å²) >= 11 is 0. The summed E-state index contributed by atoms with van der Waals surface area (Å²) in [5.41, 5.74) is 13.7. The van der Waals surface area contributed by atoms with E-state index in [0.29, 0.717) is 0 Å². The Bertz CT molecular complexity index is 3550. The summed E-state index contributed by atoms with van der Waals surface area (Å²) in [4.78, 5) is 0. The third-order valence-electron chi connectivity index (χ3n) is 13.1. The zero-order valence-corrected chi connectivity index (χ0v) is 31.5. The van der Waals surface area contributed by atoms with Gasteiger partial charge in [0.25, 0.3) is 0 Å². The van der Waals surface area contributed by atoms with E-state index in [1.54, 1.807) is 0 Å².